The van der Waals surface area contributed by atoms with E-state index in [9.17, 15) is 9.59 Å². The monoisotopic (exact) mass is 650 g/mol. The zero-order valence-corrected chi connectivity index (χ0v) is 29.1. The van der Waals surface area contributed by atoms with Crippen LogP contribution >= 0.6 is 11.6 Å². The molecule has 8 nitrogen and oxygen atoms in total. The van der Waals surface area contributed by atoms with Gasteiger partial charge in [-0.3, -0.25) is 0 Å². The van der Waals surface area contributed by atoms with Gasteiger partial charge in [0.2, 0.25) is 0 Å². The van der Waals surface area contributed by atoms with Crippen molar-refractivity contribution >= 4 is 32.0 Å². The van der Waals surface area contributed by atoms with E-state index >= 15 is 0 Å². The van der Waals surface area contributed by atoms with Gasteiger partial charge in [-0.1, -0.05) is 56.3 Å². The number of amides is 1. The van der Waals surface area contributed by atoms with Crippen molar-refractivity contribution in [3.05, 3.63) is 93.8 Å². The summed E-state index contributed by atoms with van der Waals surface area (Å²) in [6.45, 7) is 12.8. The van der Waals surface area contributed by atoms with Crippen LogP contribution in [0.1, 0.15) is 72.3 Å². The van der Waals surface area contributed by atoms with Crippen LogP contribution in [0.2, 0.25) is 23.3 Å². The summed E-state index contributed by atoms with van der Waals surface area (Å²) in [5.41, 5.74) is 3.68. The van der Waals surface area contributed by atoms with Crippen LogP contribution in [0.4, 0.5) is 4.79 Å². The Bertz CT molecular complexity index is 1510. The second-order valence-electron chi connectivity index (χ2n) is 12.3. The number of hydrogen-bond acceptors (Lipinski definition) is 7. The summed E-state index contributed by atoms with van der Waals surface area (Å²) in [7, 11) is 0.615. The maximum atomic E-state index is 13.2. The molecule has 0 bridgehead atoms. The van der Waals surface area contributed by atoms with Crippen LogP contribution in [-0.4, -0.2) is 45.6 Å². The highest BCUT2D eigenvalue weighted by atomic mass is 35.5. The number of aryl methyl sites for hydroxylation is 1. The molecule has 1 N–H and O–H groups in total. The zero-order chi connectivity index (χ0) is 33.2. The molecular formula is C35H43ClN2O6Si. The molecule has 240 valence electrons. The minimum atomic E-state index is -2.33. The van der Waals surface area contributed by atoms with E-state index in [4.69, 9.17) is 30.2 Å². The molecule has 0 spiro atoms. The van der Waals surface area contributed by atoms with E-state index in [0.717, 1.165) is 28.0 Å². The van der Waals surface area contributed by atoms with Gasteiger partial charge in [-0.15, -0.1) is 0 Å². The Morgan fingerprint density at radius 3 is 2.29 bits per heavy atom. The number of carbonyl (C=O) groups is 2. The summed E-state index contributed by atoms with van der Waals surface area (Å²) in [6, 6.07) is 15.7. The number of carbonyl (C=O) groups excluding carboxylic acids is 2. The first-order valence-electron chi connectivity index (χ1n) is 14.8. The second kappa shape index (κ2) is 15.9. The van der Waals surface area contributed by atoms with Crippen LogP contribution in [0.15, 0.2) is 60.8 Å². The molecule has 1 aromatic heterocycles. The zero-order valence-electron chi connectivity index (χ0n) is 27.3. The lowest BCUT2D eigenvalue weighted by molar-refractivity contribution is 0.0600. The van der Waals surface area contributed by atoms with Crippen molar-refractivity contribution in [2.45, 2.75) is 77.4 Å². The molecule has 10 heteroatoms. The van der Waals surface area contributed by atoms with Gasteiger partial charge in [0.1, 0.15) is 17.5 Å². The lowest BCUT2D eigenvalue weighted by Crippen LogP contribution is -2.48. The molecule has 0 saturated heterocycles. The lowest BCUT2D eigenvalue weighted by atomic mass is 9.99. The number of hydrogen-bond donors (Lipinski definition) is 1. The quantitative estimate of drug-likeness (QED) is 0.0971. The van der Waals surface area contributed by atoms with E-state index in [0.29, 0.717) is 23.6 Å². The van der Waals surface area contributed by atoms with Gasteiger partial charge in [0, 0.05) is 23.7 Å². The number of ether oxygens (including phenoxy) is 3. The third-order valence-electron chi connectivity index (χ3n) is 7.91. The van der Waals surface area contributed by atoms with Crippen LogP contribution in [0.5, 0.6) is 5.75 Å². The fourth-order valence-corrected chi connectivity index (χ4v) is 5.57. The molecule has 0 aliphatic heterocycles. The van der Waals surface area contributed by atoms with Crippen molar-refractivity contribution in [2.24, 2.45) is 0 Å². The molecule has 2 atom stereocenters. The Morgan fingerprint density at radius 2 is 1.71 bits per heavy atom. The molecule has 2 unspecified atom stereocenters. The summed E-state index contributed by atoms with van der Waals surface area (Å²) in [4.78, 5) is 29.4. The SMILES string of the molecule is COC(=O)c1ccc(C#CCCC(NC(=O)OCc2ccc(OC)cc2)C(O[Si](C)(C)C(C)(C)C)c2cnc(Cl)c(C)c2)cc1. The number of methoxy groups -OCH3 is 2. The summed E-state index contributed by atoms with van der Waals surface area (Å²) < 4.78 is 22.6. The molecule has 3 aromatic rings. The Hall–Kier alpha value is -3.84. The molecule has 0 aliphatic carbocycles. The predicted molar refractivity (Wildman–Crippen MR) is 179 cm³/mol. The average Bonchev–Trinajstić information content (AvgIpc) is 3.01. The largest absolute Gasteiger partial charge is 0.497 e. The van der Waals surface area contributed by atoms with E-state index in [1.54, 1.807) is 37.6 Å². The molecule has 1 heterocycles. The van der Waals surface area contributed by atoms with Crippen LogP contribution in [0.3, 0.4) is 0 Å². The van der Waals surface area contributed by atoms with Crippen LogP contribution in [-0.2, 0) is 20.5 Å². The molecule has 1 amide bonds. The smallest absolute Gasteiger partial charge is 0.407 e. The van der Waals surface area contributed by atoms with Crippen molar-refractivity contribution in [3.8, 4) is 17.6 Å². The number of nitrogens with zero attached hydrogens (tertiary/aromatic N) is 1. The highest BCUT2D eigenvalue weighted by Gasteiger charge is 2.41. The summed E-state index contributed by atoms with van der Waals surface area (Å²) in [6.07, 6.45) is 1.55. The highest BCUT2D eigenvalue weighted by molar-refractivity contribution is 6.74. The summed E-state index contributed by atoms with van der Waals surface area (Å²) in [5.74, 6) is 6.67. The Kier molecular flexibility index (Phi) is 12.6. The summed E-state index contributed by atoms with van der Waals surface area (Å²) in [5, 5.41) is 3.40. The van der Waals surface area contributed by atoms with E-state index in [2.05, 4.69) is 56.0 Å². The minimum Gasteiger partial charge on any atom is -0.497 e. The Morgan fingerprint density at radius 1 is 1.04 bits per heavy atom. The van der Waals surface area contributed by atoms with Gasteiger partial charge < -0.3 is 24.0 Å². The van der Waals surface area contributed by atoms with E-state index in [1.807, 2.05) is 37.3 Å². The number of nitrogens with one attached hydrogen (secondary N) is 1. The molecule has 0 radical (unpaired) electrons. The maximum absolute atomic E-state index is 13.2. The maximum Gasteiger partial charge on any atom is 0.407 e. The van der Waals surface area contributed by atoms with Crippen LogP contribution in [0.25, 0.3) is 0 Å². The normalized spacial score (nSPS) is 12.7. The van der Waals surface area contributed by atoms with E-state index < -0.39 is 32.5 Å². The van der Waals surface area contributed by atoms with Gasteiger partial charge in [0.05, 0.1) is 31.9 Å². The number of pyridine rings is 1. The second-order valence-corrected chi connectivity index (χ2v) is 17.4. The van der Waals surface area contributed by atoms with Gasteiger partial charge in [-0.05, 0) is 85.1 Å². The van der Waals surface area contributed by atoms with Crippen molar-refractivity contribution < 1.29 is 28.2 Å². The minimum absolute atomic E-state index is 0.0876. The standard InChI is InChI=1S/C35H43ClN2O6Si/c1-24-21-28(22-37-32(24)36)31(44-45(7,8)35(2,3)4)30(38-34(40)43-23-26-15-19-29(41-5)20-16-26)12-10-9-11-25-13-17-27(18-14-25)33(39)42-6/h13-22,30-31H,10,12,23H2,1-8H3,(H,38,40). The predicted octanol–water partition coefficient (Wildman–Crippen LogP) is 8.03. The van der Waals surface area contributed by atoms with Crippen molar-refractivity contribution in [2.75, 3.05) is 14.2 Å². The highest BCUT2D eigenvalue weighted by Crippen LogP contribution is 2.41. The fraction of sp³-hybridized carbons (Fsp3) is 0.400. The molecule has 45 heavy (non-hydrogen) atoms. The number of alkyl carbamates (subject to hydrolysis) is 1. The van der Waals surface area contributed by atoms with Crippen LogP contribution in [0, 0.1) is 18.8 Å². The van der Waals surface area contributed by atoms with Crippen molar-refractivity contribution in [3.63, 3.8) is 0 Å². The summed E-state index contributed by atoms with van der Waals surface area (Å²) >= 11 is 6.28. The molecule has 0 saturated carbocycles. The number of aromatic nitrogens is 1. The number of rotatable bonds is 11. The van der Waals surface area contributed by atoms with Crippen molar-refractivity contribution in [1.82, 2.24) is 10.3 Å². The molecular weight excluding hydrogens is 608 g/mol. The first-order chi connectivity index (χ1) is 21.2. The van der Waals surface area contributed by atoms with Gasteiger partial charge in [-0.2, -0.15) is 0 Å². The first kappa shape index (κ1) is 35.6. The third kappa shape index (κ3) is 10.4. The molecule has 2 aromatic carbocycles. The number of halogens is 1. The number of benzene rings is 2. The Labute approximate surface area is 272 Å². The fourth-order valence-electron chi connectivity index (χ4n) is 4.17. The van der Waals surface area contributed by atoms with Crippen molar-refractivity contribution in [1.29, 1.82) is 0 Å². The third-order valence-corrected chi connectivity index (χ3v) is 12.8. The Balaban J connectivity index is 1.88. The van der Waals surface area contributed by atoms with E-state index in [-0.39, 0.29) is 11.6 Å². The van der Waals surface area contributed by atoms with Gasteiger partial charge in [0.15, 0.2) is 8.32 Å². The average molecular weight is 651 g/mol. The van der Waals surface area contributed by atoms with Gasteiger partial charge in [-0.25, -0.2) is 14.6 Å². The molecule has 3 rings (SSSR count). The molecule has 0 aliphatic rings. The lowest BCUT2D eigenvalue weighted by Gasteiger charge is -2.41. The number of esters is 1. The molecule has 0 fully saturated rings. The van der Waals surface area contributed by atoms with Gasteiger partial charge >= 0.3 is 12.1 Å². The van der Waals surface area contributed by atoms with E-state index in [1.165, 1.54) is 7.11 Å². The van der Waals surface area contributed by atoms with Gasteiger partial charge in [0.25, 0.3) is 0 Å². The topological polar surface area (TPSA) is 96.0 Å². The first-order valence-corrected chi connectivity index (χ1v) is 18.1. The van der Waals surface area contributed by atoms with Crippen LogP contribution < -0.4 is 10.1 Å².